The summed E-state index contributed by atoms with van der Waals surface area (Å²) in [6.07, 6.45) is 4.83. The number of ether oxygens (including phenoxy) is 1. The summed E-state index contributed by atoms with van der Waals surface area (Å²) in [7, 11) is 0. The molecule has 43 heavy (non-hydrogen) atoms. The molecule has 1 unspecified atom stereocenters. The van der Waals surface area contributed by atoms with Gasteiger partial charge in [0.2, 0.25) is 0 Å². The minimum absolute atomic E-state index is 0.0109. The Morgan fingerprint density at radius 1 is 0.791 bits per heavy atom. The van der Waals surface area contributed by atoms with Gasteiger partial charge in [-0.2, -0.15) is 0 Å². The van der Waals surface area contributed by atoms with Crippen molar-refractivity contribution in [2.45, 2.75) is 44.4 Å². The molecule has 6 rings (SSSR count). The Balaban J connectivity index is 1.05. The average molecular weight is 578 g/mol. The highest BCUT2D eigenvalue weighted by Gasteiger charge is 2.32. The SMILES string of the molecule is O=C1CC(c2ccc(O)cc2)Cc2c(Cc3ccc(OCCN4CCC(Cc5ccccc5)CC4)cc3)c(O)cc(O)c21. The van der Waals surface area contributed by atoms with Gasteiger partial charge in [0.1, 0.15) is 29.6 Å². The Kier molecular flexibility index (Phi) is 8.66. The van der Waals surface area contributed by atoms with Crippen molar-refractivity contribution in [3.8, 4) is 23.0 Å². The molecule has 1 fully saturated rings. The van der Waals surface area contributed by atoms with Crippen molar-refractivity contribution in [1.29, 1.82) is 0 Å². The highest BCUT2D eigenvalue weighted by atomic mass is 16.5. The van der Waals surface area contributed by atoms with Gasteiger partial charge in [-0.3, -0.25) is 9.69 Å². The highest BCUT2D eigenvalue weighted by Crippen LogP contribution is 2.42. The number of hydrogen-bond acceptors (Lipinski definition) is 6. The van der Waals surface area contributed by atoms with Crippen molar-refractivity contribution in [3.63, 3.8) is 0 Å². The van der Waals surface area contributed by atoms with Gasteiger partial charge in [0.25, 0.3) is 0 Å². The van der Waals surface area contributed by atoms with Crippen LogP contribution >= 0.6 is 0 Å². The number of aromatic hydroxyl groups is 3. The highest BCUT2D eigenvalue weighted by molar-refractivity contribution is 6.02. The molecule has 0 saturated carbocycles. The maximum Gasteiger partial charge on any atom is 0.167 e. The molecule has 222 valence electrons. The van der Waals surface area contributed by atoms with Crippen molar-refractivity contribution in [2.75, 3.05) is 26.2 Å². The van der Waals surface area contributed by atoms with E-state index in [1.165, 1.54) is 24.5 Å². The van der Waals surface area contributed by atoms with Crippen molar-refractivity contribution in [3.05, 3.63) is 118 Å². The van der Waals surface area contributed by atoms with E-state index in [0.717, 1.165) is 48.8 Å². The number of hydrogen-bond donors (Lipinski definition) is 3. The van der Waals surface area contributed by atoms with Gasteiger partial charge >= 0.3 is 0 Å². The van der Waals surface area contributed by atoms with Crippen molar-refractivity contribution < 1.29 is 24.9 Å². The summed E-state index contributed by atoms with van der Waals surface area (Å²) < 4.78 is 6.07. The summed E-state index contributed by atoms with van der Waals surface area (Å²) in [6, 6.07) is 26.8. The zero-order chi connectivity index (χ0) is 29.8. The number of phenols is 3. The Bertz CT molecular complexity index is 1540. The van der Waals surface area contributed by atoms with Crippen molar-refractivity contribution in [1.82, 2.24) is 4.90 Å². The summed E-state index contributed by atoms with van der Waals surface area (Å²) >= 11 is 0. The monoisotopic (exact) mass is 577 g/mol. The van der Waals surface area contributed by atoms with E-state index in [1.807, 2.05) is 36.4 Å². The third-order valence-corrected chi connectivity index (χ3v) is 9.09. The first-order valence-electron chi connectivity index (χ1n) is 15.3. The normalized spacial score (nSPS) is 17.5. The molecular weight excluding hydrogens is 538 g/mol. The van der Waals surface area contributed by atoms with Crippen LogP contribution in [0.1, 0.15) is 63.4 Å². The number of benzene rings is 4. The number of ketones is 1. The number of Topliss-reactive ketones (excluding diaryl/α,β-unsaturated/α-hetero) is 1. The Labute approximate surface area is 253 Å². The van der Waals surface area contributed by atoms with Gasteiger partial charge < -0.3 is 20.1 Å². The number of fused-ring (bicyclic) bond motifs is 1. The third-order valence-electron chi connectivity index (χ3n) is 9.09. The second-order valence-corrected chi connectivity index (χ2v) is 12.0. The average Bonchev–Trinajstić information content (AvgIpc) is 3.01. The molecular formula is C37H39NO5. The van der Waals surface area contributed by atoms with Crippen LogP contribution in [0, 0.1) is 5.92 Å². The molecule has 4 aromatic rings. The fourth-order valence-electron chi connectivity index (χ4n) is 6.67. The molecule has 0 aromatic heterocycles. The van der Waals surface area contributed by atoms with Gasteiger partial charge in [0.15, 0.2) is 5.78 Å². The third kappa shape index (κ3) is 6.86. The number of likely N-dealkylation sites (tertiary alicyclic amines) is 1. The summed E-state index contributed by atoms with van der Waals surface area (Å²) in [4.78, 5) is 15.6. The van der Waals surface area contributed by atoms with E-state index in [0.29, 0.717) is 36.1 Å². The summed E-state index contributed by atoms with van der Waals surface area (Å²) in [5.41, 5.74) is 5.03. The second-order valence-electron chi connectivity index (χ2n) is 12.0. The molecule has 6 nitrogen and oxygen atoms in total. The van der Waals surface area contributed by atoms with E-state index in [9.17, 15) is 20.1 Å². The molecule has 1 aliphatic carbocycles. The van der Waals surface area contributed by atoms with E-state index in [2.05, 4.69) is 35.2 Å². The predicted octanol–water partition coefficient (Wildman–Crippen LogP) is 6.64. The number of carbonyl (C=O) groups is 1. The lowest BCUT2D eigenvalue weighted by atomic mass is 9.76. The second kappa shape index (κ2) is 12.9. The Morgan fingerprint density at radius 3 is 2.23 bits per heavy atom. The smallest absolute Gasteiger partial charge is 0.167 e. The molecule has 1 heterocycles. The fourth-order valence-corrected chi connectivity index (χ4v) is 6.67. The van der Waals surface area contributed by atoms with Gasteiger partial charge in [0.05, 0.1) is 5.56 Å². The molecule has 0 bridgehead atoms. The van der Waals surface area contributed by atoms with E-state index < -0.39 is 0 Å². The van der Waals surface area contributed by atoms with Gasteiger partial charge in [-0.15, -0.1) is 0 Å². The van der Waals surface area contributed by atoms with Crippen LogP contribution in [-0.2, 0) is 19.3 Å². The van der Waals surface area contributed by atoms with Gasteiger partial charge in [0, 0.05) is 31.0 Å². The van der Waals surface area contributed by atoms with Crippen LogP contribution in [0.3, 0.4) is 0 Å². The predicted molar refractivity (Wildman–Crippen MR) is 167 cm³/mol. The van der Waals surface area contributed by atoms with Crippen LogP contribution in [-0.4, -0.2) is 52.2 Å². The van der Waals surface area contributed by atoms with Crippen molar-refractivity contribution >= 4 is 5.78 Å². The topological polar surface area (TPSA) is 90.2 Å². The van der Waals surface area contributed by atoms with E-state index in [4.69, 9.17) is 4.74 Å². The molecule has 0 spiro atoms. The summed E-state index contributed by atoms with van der Waals surface area (Å²) in [6.45, 7) is 3.76. The molecule has 0 amide bonds. The zero-order valence-corrected chi connectivity index (χ0v) is 24.4. The van der Waals surface area contributed by atoms with E-state index in [1.54, 1.807) is 12.1 Å². The van der Waals surface area contributed by atoms with Crippen LogP contribution in [0.2, 0.25) is 0 Å². The minimum atomic E-state index is -0.172. The lowest BCUT2D eigenvalue weighted by molar-refractivity contribution is 0.0961. The molecule has 1 saturated heterocycles. The number of piperidine rings is 1. The van der Waals surface area contributed by atoms with Crippen LogP contribution in [0.5, 0.6) is 23.0 Å². The first kappa shape index (κ1) is 28.8. The number of nitrogens with zero attached hydrogens (tertiary/aromatic N) is 1. The van der Waals surface area contributed by atoms with Gasteiger partial charge in [-0.25, -0.2) is 0 Å². The van der Waals surface area contributed by atoms with Crippen LogP contribution < -0.4 is 4.74 Å². The maximum absolute atomic E-state index is 13.1. The number of rotatable bonds is 9. The van der Waals surface area contributed by atoms with Crippen LogP contribution in [0.4, 0.5) is 0 Å². The maximum atomic E-state index is 13.1. The van der Waals surface area contributed by atoms with Gasteiger partial charge in [-0.1, -0.05) is 54.6 Å². The number of carbonyl (C=O) groups excluding carboxylic acids is 1. The molecule has 1 aliphatic heterocycles. The molecule has 4 aromatic carbocycles. The zero-order valence-electron chi connectivity index (χ0n) is 24.4. The van der Waals surface area contributed by atoms with Crippen LogP contribution in [0.25, 0.3) is 0 Å². The van der Waals surface area contributed by atoms with E-state index in [-0.39, 0.29) is 35.4 Å². The largest absolute Gasteiger partial charge is 0.508 e. The standard InChI is InChI=1S/C37H39NO5/c39-30-10-8-28(9-11-30)29-22-33-32(34(40)24-36(42)37(33)35(41)23-29)21-26-6-12-31(13-7-26)43-19-18-38-16-14-27(15-17-38)20-25-4-2-1-3-5-25/h1-13,24,27,29,39-40,42H,14-23H2. The Morgan fingerprint density at radius 2 is 1.51 bits per heavy atom. The minimum Gasteiger partial charge on any atom is -0.508 e. The first-order chi connectivity index (χ1) is 20.9. The molecule has 2 aliphatic rings. The lowest BCUT2D eigenvalue weighted by Crippen LogP contribution is -2.37. The molecule has 0 radical (unpaired) electrons. The fraction of sp³-hybridized carbons (Fsp3) is 0.324. The van der Waals surface area contributed by atoms with Crippen molar-refractivity contribution in [2.24, 2.45) is 5.92 Å². The lowest BCUT2D eigenvalue weighted by Gasteiger charge is -2.31. The molecule has 3 N–H and O–H groups in total. The van der Waals surface area contributed by atoms with Gasteiger partial charge in [-0.05, 0) is 97.1 Å². The summed E-state index contributed by atoms with van der Waals surface area (Å²) in [5, 5.41) is 31.1. The van der Waals surface area contributed by atoms with E-state index >= 15 is 0 Å². The Hall–Kier alpha value is -4.29. The molecule has 6 heteroatoms. The number of phenolic OH excluding ortho intramolecular Hbond substituents is 3. The quantitative estimate of drug-likeness (QED) is 0.207. The molecule has 1 atom stereocenters. The first-order valence-corrected chi connectivity index (χ1v) is 15.3. The summed E-state index contributed by atoms with van der Waals surface area (Å²) in [5.74, 6) is 1.32. The van der Waals surface area contributed by atoms with Crippen LogP contribution in [0.15, 0.2) is 84.9 Å².